The number of rotatable bonds is 6. The van der Waals surface area contributed by atoms with Crippen LogP contribution in [0.2, 0.25) is 0 Å². The van der Waals surface area contributed by atoms with Crippen molar-refractivity contribution >= 4 is 17.4 Å². The van der Waals surface area contributed by atoms with E-state index >= 15 is 0 Å². The summed E-state index contributed by atoms with van der Waals surface area (Å²) in [5.74, 6) is 1.27. The van der Waals surface area contributed by atoms with E-state index in [2.05, 4.69) is 56.6 Å². The number of benzene rings is 1. The largest absolute Gasteiger partial charge is 0.385 e. The number of hydrogen-bond acceptors (Lipinski definition) is 2. The van der Waals surface area contributed by atoms with Gasteiger partial charge in [-0.25, -0.2) is 0 Å². The molecule has 1 aromatic carbocycles. The van der Waals surface area contributed by atoms with Crippen molar-refractivity contribution in [3.05, 3.63) is 29.8 Å². The molecule has 0 radical (unpaired) electrons. The SMILES string of the molecule is CSCCCCNc1ccccc1C(C)(C)C. The zero-order valence-electron chi connectivity index (χ0n) is 11.5. The van der Waals surface area contributed by atoms with Crippen LogP contribution in [0.4, 0.5) is 5.69 Å². The summed E-state index contributed by atoms with van der Waals surface area (Å²) in [7, 11) is 0. The van der Waals surface area contributed by atoms with Gasteiger partial charge in [0.25, 0.3) is 0 Å². The molecule has 1 rings (SSSR count). The fraction of sp³-hybridized carbons (Fsp3) is 0.600. The van der Waals surface area contributed by atoms with Gasteiger partial charge in [0.05, 0.1) is 0 Å². The first-order valence-corrected chi connectivity index (χ1v) is 7.77. The first-order valence-electron chi connectivity index (χ1n) is 6.38. The number of unbranched alkanes of at least 4 members (excludes halogenated alkanes) is 1. The number of para-hydroxylation sites is 1. The molecule has 0 fully saturated rings. The van der Waals surface area contributed by atoms with Gasteiger partial charge >= 0.3 is 0 Å². The van der Waals surface area contributed by atoms with Crippen LogP contribution in [-0.2, 0) is 5.41 Å². The maximum atomic E-state index is 3.57. The van der Waals surface area contributed by atoms with Crippen LogP contribution in [-0.4, -0.2) is 18.6 Å². The molecule has 96 valence electrons. The molecule has 0 aliphatic rings. The quantitative estimate of drug-likeness (QED) is 0.745. The minimum Gasteiger partial charge on any atom is -0.385 e. The van der Waals surface area contributed by atoms with Crippen LogP contribution in [0, 0.1) is 0 Å². The smallest absolute Gasteiger partial charge is 0.0378 e. The maximum absolute atomic E-state index is 3.57. The summed E-state index contributed by atoms with van der Waals surface area (Å²) in [6.45, 7) is 7.87. The van der Waals surface area contributed by atoms with Crippen molar-refractivity contribution in [2.24, 2.45) is 0 Å². The summed E-state index contributed by atoms with van der Waals surface area (Å²) in [6.07, 6.45) is 4.72. The molecule has 0 aliphatic carbocycles. The Morgan fingerprint density at radius 2 is 1.82 bits per heavy atom. The second kappa shape index (κ2) is 6.95. The van der Waals surface area contributed by atoms with Gasteiger partial charge in [0.2, 0.25) is 0 Å². The molecule has 0 heterocycles. The fourth-order valence-electron chi connectivity index (χ4n) is 1.89. The maximum Gasteiger partial charge on any atom is 0.0378 e. The average Bonchev–Trinajstić information content (AvgIpc) is 2.28. The molecule has 0 aliphatic heterocycles. The van der Waals surface area contributed by atoms with E-state index in [0.717, 1.165) is 6.54 Å². The van der Waals surface area contributed by atoms with Crippen LogP contribution in [0.3, 0.4) is 0 Å². The van der Waals surface area contributed by atoms with Gasteiger partial charge in [-0.15, -0.1) is 0 Å². The highest BCUT2D eigenvalue weighted by Gasteiger charge is 2.16. The van der Waals surface area contributed by atoms with Gasteiger partial charge in [-0.1, -0.05) is 39.0 Å². The third-order valence-corrected chi connectivity index (χ3v) is 3.52. The van der Waals surface area contributed by atoms with E-state index in [9.17, 15) is 0 Å². The lowest BCUT2D eigenvalue weighted by molar-refractivity contribution is 0.591. The summed E-state index contributed by atoms with van der Waals surface area (Å²) in [5, 5.41) is 3.57. The van der Waals surface area contributed by atoms with E-state index in [1.807, 2.05) is 11.8 Å². The van der Waals surface area contributed by atoms with Gasteiger partial charge in [0, 0.05) is 12.2 Å². The molecule has 0 spiro atoms. The second-order valence-electron chi connectivity index (χ2n) is 5.42. The lowest BCUT2D eigenvalue weighted by Gasteiger charge is -2.23. The lowest BCUT2D eigenvalue weighted by atomic mass is 9.86. The summed E-state index contributed by atoms with van der Waals surface area (Å²) in [4.78, 5) is 0. The Labute approximate surface area is 110 Å². The van der Waals surface area contributed by atoms with Gasteiger partial charge in [-0.2, -0.15) is 11.8 Å². The summed E-state index contributed by atoms with van der Waals surface area (Å²) < 4.78 is 0. The zero-order valence-corrected chi connectivity index (χ0v) is 12.4. The van der Waals surface area contributed by atoms with Crippen molar-refractivity contribution < 1.29 is 0 Å². The van der Waals surface area contributed by atoms with Crippen LogP contribution in [0.1, 0.15) is 39.2 Å². The predicted octanol–water partition coefficient (Wildman–Crippen LogP) is 4.54. The molecular weight excluding hydrogens is 226 g/mol. The highest BCUT2D eigenvalue weighted by Crippen LogP contribution is 2.29. The Balaban J connectivity index is 2.53. The Bertz CT molecular complexity index is 328. The van der Waals surface area contributed by atoms with E-state index in [4.69, 9.17) is 0 Å². The minimum atomic E-state index is 0.211. The highest BCUT2D eigenvalue weighted by molar-refractivity contribution is 7.98. The van der Waals surface area contributed by atoms with Crippen LogP contribution < -0.4 is 5.32 Å². The van der Waals surface area contributed by atoms with Crippen molar-refractivity contribution in [3.8, 4) is 0 Å². The molecule has 0 atom stereocenters. The van der Waals surface area contributed by atoms with Gasteiger partial charge in [0.15, 0.2) is 0 Å². The van der Waals surface area contributed by atoms with Crippen molar-refractivity contribution in [1.82, 2.24) is 0 Å². The molecule has 1 nitrogen and oxygen atoms in total. The van der Waals surface area contributed by atoms with E-state index in [1.165, 1.54) is 29.8 Å². The van der Waals surface area contributed by atoms with Crippen LogP contribution in [0.15, 0.2) is 24.3 Å². The second-order valence-corrected chi connectivity index (χ2v) is 6.41. The molecule has 0 saturated carbocycles. The lowest BCUT2D eigenvalue weighted by Crippen LogP contribution is -2.15. The molecule has 1 N–H and O–H groups in total. The van der Waals surface area contributed by atoms with Crippen molar-refractivity contribution in [2.45, 2.75) is 39.0 Å². The highest BCUT2D eigenvalue weighted by atomic mass is 32.2. The zero-order chi connectivity index (χ0) is 12.7. The van der Waals surface area contributed by atoms with Crippen molar-refractivity contribution in [2.75, 3.05) is 23.9 Å². The van der Waals surface area contributed by atoms with Crippen LogP contribution >= 0.6 is 11.8 Å². The summed E-state index contributed by atoms with van der Waals surface area (Å²) in [6, 6.07) is 8.65. The van der Waals surface area contributed by atoms with Gasteiger partial charge < -0.3 is 5.32 Å². The Hall–Kier alpha value is -0.630. The van der Waals surface area contributed by atoms with Crippen LogP contribution in [0.25, 0.3) is 0 Å². The average molecular weight is 251 g/mol. The molecule has 0 unspecified atom stereocenters. The Morgan fingerprint density at radius 1 is 1.12 bits per heavy atom. The molecular formula is C15H25NS. The third kappa shape index (κ3) is 5.03. The Kier molecular flexibility index (Phi) is 5.90. The molecule has 1 aromatic rings. The number of thioether (sulfide) groups is 1. The molecule has 0 aromatic heterocycles. The van der Waals surface area contributed by atoms with Crippen molar-refractivity contribution in [1.29, 1.82) is 0 Å². The third-order valence-electron chi connectivity index (χ3n) is 2.83. The number of anilines is 1. The minimum absolute atomic E-state index is 0.211. The van der Waals surface area contributed by atoms with Crippen molar-refractivity contribution in [3.63, 3.8) is 0 Å². The summed E-state index contributed by atoms with van der Waals surface area (Å²) in [5.41, 5.74) is 2.91. The van der Waals surface area contributed by atoms with E-state index < -0.39 is 0 Å². The van der Waals surface area contributed by atoms with Gasteiger partial charge in [-0.3, -0.25) is 0 Å². The standard InChI is InChI=1S/C15H25NS/c1-15(2,3)13-9-5-6-10-14(13)16-11-7-8-12-17-4/h5-6,9-10,16H,7-8,11-12H2,1-4H3. The van der Waals surface area contributed by atoms with E-state index in [-0.39, 0.29) is 5.41 Å². The summed E-state index contributed by atoms with van der Waals surface area (Å²) >= 11 is 1.93. The van der Waals surface area contributed by atoms with Crippen LogP contribution in [0.5, 0.6) is 0 Å². The first kappa shape index (κ1) is 14.4. The number of hydrogen-bond donors (Lipinski definition) is 1. The van der Waals surface area contributed by atoms with E-state index in [0.29, 0.717) is 0 Å². The topological polar surface area (TPSA) is 12.0 Å². The molecule has 2 heteroatoms. The van der Waals surface area contributed by atoms with Gasteiger partial charge in [0.1, 0.15) is 0 Å². The van der Waals surface area contributed by atoms with Gasteiger partial charge in [-0.05, 0) is 41.9 Å². The monoisotopic (exact) mass is 251 g/mol. The molecule has 17 heavy (non-hydrogen) atoms. The molecule has 0 amide bonds. The number of nitrogens with one attached hydrogen (secondary N) is 1. The fourth-order valence-corrected chi connectivity index (χ4v) is 2.38. The molecule has 0 saturated heterocycles. The first-order chi connectivity index (χ1) is 8.05. The van der Waals surface area contributed by atoms with E-state index in [1.54, 1.807) is 0 Å². The normalized spacial score (nSPS) is 11.5. The Morgan fingerprint density at radius 3 is 2.47 bits per heavy atom. The predicted molar refractivity (Wildman–Crippen MR) is 81.2 cm³/mol. The molecule has 0 bridgehead atoms.